The van der Waals surface area contributed by atoms with Crippen molar-refractivity contribution in [1.29, 1.82) is 0 Å². The summed E-state index contributed by atoms with van der Waals surface area (Å²) in [6, 6.07) is 18.3. The number of nitrogens with one attached hydrogen (secondary N) is 2. The van der Waals surface area contributed by atoms with Gasteiger partial charge in [0.1, 0.15) is 5.60 Å². The molecule has 0 aliphatic heterocycles. The molecule has 0 heterocycles. The standard InChI is InChI=1S/C23H30N2O4/c1-23(2,3)29-22(28)25-19(16-18-12-8-5-9-13-18)20(26)21(27)24-15-14-17-10-6-4-7-11-17/h4-13,19-20,26H,14-16H2,1-3H3,(H,24,27)(H,25,28)/t19-,20?/m0/s1. The van der Waals surface area contributed by atoms with Crippen LogP contribution in [0.25, 0.3) is 0 Å². The van der Waals surface area contributed by atoms with Crippen molar-refractivity contribution in [2.45, 2.75) is 51.4 Å². The Balaban J connectivity index is 1.99. The normalized spacial score (nSPS) is 13.2. The highest BCUT2D eigenvalue weighted by molar-refractivity contribution is 5.82. The number of carbonyl (C=O) groups excluding carboxylic acids is 2. The molecular weight excluding hydrogens is 368 g/mol. The zero-order valence-corrected chi connectivity index (χ0v) is 17.2. The van der Waals surface area contributed by atoms with Crippen molar-refractivity contribution in [3.8, 4) is 0 Å². The number of aliphatic hydroxyl groups is 1. The summed E-state index contributed by atoms with van der Waals surface area (Å²) in [6.07, 6.45) is -1.12. The Labute approximate surface area is 172 Å². The minimum absolute atomic E-state index is 0.299. The fourth-order valence-electron chi connectivity index (χ4n) is 2.83. The monoisotopic (exact) mass is 398 g/mol. The first kappa shape index (κ1) is 22.4. The number of carbonyl (C=O) groups is 2. The second kappa shape index (κ2) is 10.6. The van der Waals surface area contributed by atoms with Gasteiger partial charge in [-0.3, -0.25) is 4.79 Å². The maximum atomic E-state index is 12.5. The quantitative estimate of drug-likeness (QED) is 0.638. The summed E-state index contributed by atoms with van der Waals surface area (Å²) < 4.78 is 5.28. The van der Waals surface area contributed by atoms with Crippen molar-refractivity contribution >= 4 is 12.0 Å². The number of alkyl carbamates (subject to hydrolysis) is 1. The molecule has 6 nitrogen and oxygen atoms in total. The Morgan fingerprint density at radius 2 is 1.52 bits per heavy atom. The summed E-state index contributed by atoms with van der Waals surface area (Å²) in [4.78, 5) is 24.7. The molecule has 2 aromatic rings. The number of rotatable bonds is 8. The first-order valence-corrected chi connectivity index (χ1v) is 9.78. The average Bonchev–Trinajstić information content (AvgIpc) is 2.67. The Morgan fingerprint density at radius 3 is 2.07 bits per heavy atom. The van der Waals surface area contributed by atoms with Gasteiger partial charge in [-0.25, -0.2) is 4.79 Å². The van der Waals surface area contributed by atoms with Crippen LogP contribution in [0.3, 0.4) is 0 Å². The van der Waals surface area contributed by atoms with Gasteiger partial charge in [0.2, 0.25) is 0 Å². The van der Waals surface area contributed by atoms with Crippen LogP contribution in [0, 0.1) is 0 Å². The van der Waals surface area contributed by atoms with Gasteiger partial charge in [-0.1, -0.05) is 60.7 Å². The zero-order chi connectivity index (χ0) is 21.3. The molecule has 2 amide bonds. The molecule has 156 valence electrons. The molecule has 0 fully saturated rings. The lowest BCUT2D eigenvalue weighted by Gasteiger charge is -2.26. The van der Waals surface area contributed by atoms with E-state index in [1.807, 2.05) is 60.7 Å². The first-order chi connectivity index (χ1) is 13.7. The second-order valence-electron chi connectivity index (χ2n) is 7.91. The van der Waals surface area contributed by atoms with E-state index in [2.05, 4.69) is 10.6 Å². The van der Waals surface area contributed by atoms with E-state index in [0.717, 1.165) is 11.1 Å². The molecule has 0 saturated carbocycles. The van der Waals surface area contributed by atoms with E-state index < -0.39 is 29.7 Å². The molecule has 3 N–H and O–H groups in total. The summed E-state index contributed by atoms with van der Waals surface area (Å²) in [7, 11) is 0. The Kier molecular flexibility index (Phi) is 8.21. The Morgan fingerprint density at radius 1 is 0.966 bits per heavy atom. The highest BCUT2D eigenvalue weighted by Gasteiger charge is 2.29. The molecule has 0 saturated heterocycles. The molecule has 0 aliphatic carbocycles. The van der Waals surface area contributed by atoms with Gasteiger partial charge < -0.3 is 20.5 Å². The number of hydrogen-bond acceptors (Lipinski definition) is 4. The zero-order valence-electron chi connectivity index (χ0n) is 17.2. The van der Waals surface area contributed by atoms with Crippen molar-refractivity contribution in [3.05, 3.63) is 71.8 Å². The molecule has 1 unspecified atom stereocenters. The fraction of sp³-hybridized carbons (Fsp3) is 0.391. The predicted molar refractivity (Wildman–Crippen MR) is 112 cm³/mol. The number of hydrogen-bond donors (Lipinski definition) is 3. The van der Waals surface area contributed by atoms with Crippen LogP contribution in [0.2, 0.25) is 0 Å². The van der Waals surface area contributed by atoms with Crippen molar-refractivity contribution < 1.29 is 19.4 Å². The molecule has 0 radical (unpaired) electrons. The van der Waals surface area contributed by atoms with Crippen molar-refractivity contribution in [2.75, 3.05) is 6.54 Å². The van der Waals surface area contributed by atoms with Crippen LogP contribution < -0.4 is 10.6 Å². The van der Waals surface area contributed by atoms with Gasteiger partial charge in [0.15, 0.2) is 6.10 Å². The van der Waals surface area contributed by atoms with Gasteiger partial charge in [0.25, 0.3) is 5.91 Å². The van der Waals surface area contributed by atoms with Crippen LogP contribution in [0.4, 0.5) is 4.79 Å². The third-order valence-corrected chi connectivity index (χ3v) is 4.21. The molecule has 0 spiro atoms. The molecule has 29 heavy (non-hydrogen) atoms. The van der Waals surface area contributed by atoms with Crippen LogP contribution in [0.15, 0.2) is 60.7 Å². The molecule has 0 aromatic heterocycles. The Bertz CT molecular complexity index is 772. The lowest BCUT2D eigenvalue weighted by Crippen LogP contribution is -2.52. The Hall–Kier alpha value is -2.86. The van der Waals surface area contributed by atoms with Gasteiger partial charge in [0.05, 0.1) is 6.04 Å². The molecule has 2 rings (SSSR count). The second-order valence-corrected chi connectivity index (χ2v) is 7.91. The van der Waals surface area contributed by atoms with Crippen LogP contribution in [-0.2, 0) is 22.4 Å². The van der Waals surface area contributed by atoms with E-state index in [4.69, 9.17) is 4.74 Å². The molecular formula is C23H30N2O4. The van der Waals surface area contributed by atoms with Crippen LogP contribution in [0.1, 0.15) is 31.9 Å². The smallest absolute Gasteiger partial charge is 0.407 e. The van der Waals surface area contributed by atoms with Gasteiger partial charge in [-0.15, -0.1) is 0 Å². The molecule has 6 heteroatoms. The van der Waals surface area contributed by atoms with E-state index in [1.165, 1.54) is 0 Å². The third-order valence-electron chi connectivity index (χ3n) is 4.21. The minimum atomic E-state index is -1.40. The molecule has 0 aliphatic rings. The third kappa shape index (κ3) is 8.35. The lowest BCUT2D eigenvalue weighted by molar-refractivity contribution is -0.130. The predicted octanol–water partition coefficient (Wildman–Crippen LogP) is 2.84. The first-order valence-electron chi connectivity index (χ1n) is 9.78. The summed E-state index contributed by atoms with van der Waals surface area (Å²) in [5.41, 5.74) is 1.31. The van der Waals surface area contributed by atoms with Crippen LogP contribution in [0.5, 0.6) is 0 Å². The average molecular weight is 399 g/mol. The van der Waals surface area contributed by atoms with E-state index >= 15 is 0 Å². The van der Waals surface area contributed by atoms with Crippen LogP contribution in [-0.4, -0.2) is 41.4 Å². The van der Waals surface area contributed by atoms with E-state index in [0.29, 0.717) is 19.4 Å². The summed E-state index contributed by atoms with van der Waals surface area (Å²) >= 11 is 0. The summed E-state index contributed by atoms with van der Waals surface area (Å²) in [6.45, 7) is 5.66. The van der Waals surface area contributed by atoms with Gasteiger partial charge >= 0.3 is 6.09 Å². The topological polar surface area (TPSA) is 87.7 Å². The highest BCUT2D eigenvalue weighted by Crippen LogP contribution is 2.10. The lowest BCUT2D eigenvalue weighted by atomic mass is 10.0. The van der Waals surface area contributed by atoms with E-state index in [9.17, 15) is 14.7 Å². The van der Waals surface area contributed by atoms with Crippen molar-refractivity contribution in [2.24, 2.45) is 0 Å². The van der Waals surface area contributed by atoms with Crippen molar-refractivity contribution in [1.82, 2.24) is 10.6 Å². The summed E-state index contributed by atoms with van der Waals surface area (Å²) in [5, 5.41) is 16.0. The van der Waals surface area contributed by atoms with E-state index in [1.54, 1.807) is 20.8 Å². The SMILES string of the molecule is CC(C)(C)OC(=O)N[C@@H](Cc1ccccc1)C(O)C(=O)NCCc1ccccc1. The van der Waals surface area contributed by atoms with Crippen molar-refractivity contribution in [3.63, 3.8) is 0 Å². The van der Waals surface area contributed by atoms with Gasteiger partial charge in [-0.2, -0.15) is 0 Å². The van der Waals surface area contributed by atoms with Crippen LogP contribution >= 0.6 is 0 Å². The number of ether oxygens (including phenoxy) is 1. The number of amides is 2. The summed E-state index contributed by atoms with van der Waals surface area (Å²) in [5.74, 6) is -0.530. The minimum Gasteiger partial charge on any atom is -0.444 e. The molecule has 0 bridgehead atoms. The number of benzene rings is 2. The fourth-order valence-corrected chi connectivity index (χ4v) is 2.83. The number of aliphatic hydroxyl groups excluding tert-OH is 1. The van der Waals surface area contributed by atoms with E-state index in [-0.39, 0.29) is 0 Å². The van der Waals surface area contributed by atoms with Gasteiger partial charge in [0, 0.05) is 6.54 Å². The maximum absolute atomic E-state index is 12.5. The molecule has 2 atom stereocenters. The van der Waals surface area contributed by atoms with Gasteiger partial charge in [-0.05, 0) is 44.7 Å². The maximum Gasteiger partial charge on any atom is 0.407 e. The molecule has 2 aromatic carbocycles. The highest BCUT2D eigenvalue weighted by atomic mass is 16.6. The largest absolute Gasteiger partial charge is 0.444 e.